The zero-order valence-corrected chi connectivity index (χ0v) is 20.3. The average Bonchev–Trinajstić information content (AvgIpc) is 3.30. The quantitative estimate of drug-likeness (QED) is 0.331. The summed E-state index contributed by atoms with van der Waals surface area (Å²) in [6.45, 7) is -1.03. The van der Waals surface area contributed by atoms with E-state index in [1.807, 2.05) is 35.3 Å². The molecule has 8 nitrogen and oxygen atoms in total. The van der Waals surface area contributed by atoms with Gasteiger partial charge in [0.2, 0.25) is 0 Å². The Morgan fingerprint density at radius 1 is 1.05 bits per heavy atom. The molecule has 2 N–H and O–H groups in total. The van der Waals surface area contributed by atoms with Crippen LogP contribution in [0, 0.1) is 0 Å². The van der Waals surface area contributed by atoms with Crippen molar-refractivity contribution >= 4 is 23.2 Å². The molecule has 0 atom stereocenters. The minimum atomic E-state index is -2.91. The molecule has 3 heterocycles. The fourth-order valence-electron chi connectivity index (χ4n) is 4.09. The third kappa shape index (κ3) is 5.87. The van der Waals surface area contributed by atoms with Crippen molar-refractivity contribution in [2.75, 3.05) is 10.3 Å². The summed E-state index contributed by atoms with van der Waals surface area (Å²) in [6, 6.07) is 17.6. The molecule has 11 heteroatoms. The highest BCUT2D eigenvalue weighted by atomic mass is 35.5. The summed E-state index contributed by atoms with van der Waals surface area (Å²) in [7, 11) is 0. The summed E-state index contributed by atoms with van der Waals surface area (Å²) in [5, 5.41) is 5.61. The minimum Gasteiger partial charge on any atom is -0.435 e. The van der Waals surface area contributed by atoms with Gasteiger partial charge in [0.1, 0.15) is 17.9 Å². The molecule has 0 saturated heterocycles. The number of ether oxygens (including phenoxy) is 1. The van der Waals surface area contributed by atoms with Gasteiger partial charge in [0.05, 0.1) is 18.7 Å². The Morgan fingerprint density at radius 3 is 2.59 bits per heavy atom. The molecule has 5 rings (SSSR count). The van der Waals surface area contributed by atoms with Crippen molar-refractivity contribution in [3.05, 3.63) is 111 Å². The first-order valence-corrected chi connectivity index (χ1v) is 11.9. The van der Waals surface area contributed by atoms with Crippen LogP contribution < -0.4 is 26.0 Å². The molecule has 0 spiro atoms. The van der Waals surface area contributed by atoms with E-state index in [-0.39, 0.29) is 17.9 Å². The Balaban J connectivity index is 1.25. The molecule has 0 saturated carbocycles. The van der Waals surface area contributed by atoms with Crippen LogP contribution >= 0.6 is 11.6 Å². The number of hydrazine groups is 1. The van der Waals surface area contributed by atoms with Crippen LogP contribution in [0.1, 0.15) is 22.3 Å². The molecule has 4 aromatic rings. The number of hydrogen-bond acceptors (Lipinski definition) is 7. The standard InChI is InChI=1S/C26H23ClF2N6O2/c27-22-9-8-20(37-26(28)29)11-19(22)12-30-24-21-13-33-35(25(21)32-16-31-24)15-18-6-4-17(5-7-18)14-34-10-2-1-3-23(34)36/h1-11,16,26,33H,12-15H2,(H,30,31,32). The van der Waals surface area contributed by atoms with Gasteiger partial charge in [-0.1, -0.05) is 41.9 Å². The molecule has 37 heavy (non-hydrogen) atoms. The van der Waals surface area contributed by atoms with Crippen LogP contribution in [0.2, 0.25) is 5.02 Å². The number of rotatable bonds is 9. The van der Waals surface area contributed by atoms with Crippen LogP contribution in [0.3, 0.4) is 0 Å². The van der Waals surface area contributed by atoms with Crippen molar-refractivity contribution in [2.24, 2.45) is 0 Å². The van der Waals surface area contributed by atoms with E-state index in [4.69, 9.17) is 11.6 Å². The highest BCUT2D eigenvalue weighted by Gasteiger charge is 2.24. The number of halogens is 3. The van der Waals surface area contributed by atoms with E-state index in [1.165, 1.54) is 24.5 Å². The second kappa shape index (κ2) is 10.9. The van der Waals surface area contributed by atoms with Crippen molar-refractivity contribution in [3.63, 3.8) is 0 Å². The lowest BCUT2D eigenvalue weighted by atomic mass is 10.1. The number of nitrogens with zero attached hydrogens (tertiary/aromatic N) is 4. The minimum absolute atomic E-state index is 0.0370. The second-order valence-corrected chi connectivity index (χ2v) is 8.82. The van der Waals surface area contributed by atoms with Crippen LogP contribution in [0.5, 0.6) is 5.75 Å². The predicted octanol–water partition coefficient (Wildman–Crippen LogP) is 4.58. The van der Waals surface area contributed by atoms with Gasteiger partial charge in [0.15, 0.2) is 5.82 Å². The third-order valence-corrected chi connectivity index (χ3v) is 6.30. The topological polar surface area (TPSA) is 84.3 Å². The SMILES string of the molecule is O=c1ccccn1Cc1ccc(CN2NCc3c(NCc4cc(OC(F)F)ccc4Cl)ncnc32)cc1. The maximum absolute atomic E-state index is 12.6. The number of nitrogens with one attached hydrogen (secondary N) is 2. The lowest BCUT2D eigenvalue weighted by Gasteiger charge is -2.18. The van der Waals surface area contributed by atoms with Crippen molar-refractivity contribution in [1.82, 2.24) is 20.0 Å². The number of anilines is 2. The predicted molar refractivity (Wildman–Crippen MR) is 137 cm³/mol. The first-order chi connectivity index (χ1) is 18.0. The molecule has 1 aliphatic heterocycles. The lowest BCUT2D eigenvalue weighted by molar-refractivity contribution is -0.0498. The van der Waals surface area contributed by atoms with Gasteiger partial charge in [-0.15, -0.1) is 0 Å². The van der Waals surface area contributed by atoms with E-state index < -0.39 is 6.61 Å². The number of hydrogen-bond donors (Lipinski definition) is 2. The molecule has 0 fully saturated rings. The summed E-state index contributed by atoms with van der Waals surface area (Å²) in [4.78, 5) is 20.8. The molecular weight excluding hydrogens is 502 g/mol. The summed E-state index contributed by atoms with van der Waals surface area (Å²) >= 11 is 6.24. The van der Waals surface area contributed by atoms with Crippen LogP contribution in [0.4, 0.5) is 20.4 Å². The van der Waals surface area contributed by atoms with Gasteiger partial charge in [-0.05, 0) is 41.0 Å². The van der Waals surface area contributed by atoms with Crippen LogP contribution in [0.25, 0.3) is 0 Å². The molecule has 1 aliphatic rings. The maximum Gasteiger partial charge on any atom is 0.387 e. The number of aromatic nitrogens is 3. The normalized spacial score (nSPS) is 12.6. The van der Waals surface area contributed by atoms with Gasteiger partial charge >= 0.3 is 6.61 Å². The summed E-state index contributed by atoms with van der Waals surface area (Å²) < 4.78 is 31.2. The Morgan fingerprint density at radius 2 is 1.84 bits per heavy atom. The maximum atomic E-state index is 12.6. The second-order valence-electron chi connectivity index (χ2n) is 8.41. The smallest absolute Gasteiger partial charge is 0.387 e. The molecular formula is C26H23ClF2N6O2. The van der Waals surface area contributed by atoms with Crippen molar-refractivity contribution < 1.29 is 13.5 Å². The Kier molecular flexibility index (Phi) is 7.29. The number of pyridine rings is 1. The van der Waals surface area contributed by atoms with Gasteiger partial charge in [-0.2, -0.15) is 8.78 Å². The Bertz CT molecular complexity index is 1450. The van der Waals surface area contributed by atoms with Crippen LogP contribution in [-0.2, 0) is 26.2 Å². The molecule has 2 aromatic heterocycles. The Labute approximate surface area is 216 Å². The largest absolute Gasteiger partial charge is 0.435 e. The zero-order chi connectivity index (χ0) is 25.8. The zero-order valence-electron chi connectivity index (χ0n) is 19.6. The van der Waals surface area contributed by atoms with E-state index in [0.29, 0.717) is 36.0 Å². The van der Waals surface area contributed by atoms with Gasteiger partial charge in [0, 0.05) is 30.4 Å². The fraction of sp³-hybridized carbons (Fsp3) is 0.192. The van der Waals surface area contributed by atoms with Gasteiger partial charge in [-0.3, -0.25) is 9.80 Å². The lowest BCUT2D eigenvalue weighted by Crippen LogP contribution is -2.31. The molecule has 0 bridgehead atoms. The molecule has 0 amide bonds. The van der Waals surface area contributed by atoms with Gasteiger partial charge < -0.3 is 14.6 Å². The van der Waals surface area contributed by atoms with E-state index >= 15 is 0 Å². The highest BCUT2D eigenvalue weighted by molar-refractivity contribution is 6.31. The summed E-state index contributed by atoms with van der Waals surface area (Å²) in [5.41, 5.74) is 6.88. The van der Waals surface area contributed by atoms with Gasteiger partial charge in [0.25, 0.3) is 5.56 Å². The number of alkyl halides is 2. The van der Waals surface area contributed by atoms with Gasteiger partial charge in [-0.25, -0.2) is 15.4 Å². The van der Waals surface area contributed by atoms with E-state index in [0.717, 1.165) is 22.5 Å². The van der Waals surface area contributed by atoms with Crippen molar-refractivity contribution in [3.8, 4) is 5.75 Å². The number of fused-ring (bicyclic) bond motifs is 1. The molecule has 0 radical (unpaired) electrons. The van der Waals surface area contributed by atoms with E-state index in [9.17, 15) is 13.6 Å². The molecule has 0 aliphatic carbocycles. The molecule has 190 valence electrons. The monoisotopic (exact) mass is 524 g/mol. The first-order valence-electron chi connectivity index (χ1n) is 11.5. The fourth-order valence-corrected chi connectivity index (χ4v) is 4.28. The average molecular weight is 525 g/mol. The first kappa shape index (κ1) is 24.7. The number of benzene rings is 2. The van der Waals surface area contributed by atoms with E-state index in [2.05, 4.69) is 25.4 Å². The van der Waals surface area contributed by atoms with Crippen molar-refractivity contribution in [2.45, 2.75) is 32.8 Å². The van der Waals surface area contributed by atoms with Crippen LogP contribution in [-0.4, -0.2) is 21.1 Å². The van der Waals surface area contributed by atoms with Crippen molar-refractivity contribution in [1.29, 1.82) is 0 Å². The molecule has 2 aromatic carbocycles. The van der Waals surface area contributed by atoms with Crippen LogP contribution in [0.15, 0.2) is 78.0 Å². The highest BCUT2D eigenvalue weighted by Crippen LogP contribution is 2.30. The summed E-state index contributed by atoms with van der Waals surface area (Å²) in [5.74, 6) is 1.41. The van der Waals surface area contributed by atoms with E-state index in [1.54, 1.807) is 22.9 Å². The molecule has 0 unspecified atom stereocenters. The Hall–Kier alpha value is -4.02. The third-order valence-electron chi connectivity index (χ3n) is 5.93. The summed E-state index contributed by atoms with van der Waals surface area (Å²) in [6.07, 6.45) is 3.24.